The second kappa shape index (κ2) is 3.14. The smallest absolute Gasteiger partial charge is 0.229 e. The van der Waals surface area contributed by atoms with E-state index >= 15 is 0 Å². The first-order valence-corrected chi connectivity index (χ1v) is 2.20. The minimum atomic E-state index is -0.590. The fourth-order valence-electron chi connectivity index (χ4n) is 0.449. The summed E-state index contributed by atoms with van der Waals surface area (Å²) < 4.78 is 0. The number of nitrogens with one attached hydrogen (secondary N) is 1. The van der Waals surface area contributed by atoms with Crippen LogP contribution in [0.25, 0.3) is 0 Å². The summed E-state index contributed by atoms with van der Waals surface area (Å²) in [5.74, 6) is -0.257. The molecule has 1 unspecified atom stereocenters. The Balaban J connectivity index is 0.000000490. The van der Waals surface area contributed by atoms with Gasteiger partial charge >= 0.3 is 0 Å². The third-order valence-electron chi connectivity index (χ3n) is 1.18. The van der Waals surface area contributed by atoms with E-state index in [1.54, 1.807) is 6.92 Å². The van der Waals surface area contributed by atoms with Crippen LogP contribution in [0.2, 0.25) is 0 Å². The van der Waals surface area contributed by atoms with Crippen molar-refractivity contribution in [3.63, 3.8) is 0 Å². The van der Waals surface area contributed by atoms with Gasteiger partial charge in [-0.3, -0.25) is 4.79 Å². The summed E-state index contributed by atoms with van der Waals surface area (Å²) in [6.07, 6.45) is -0.590. The van der Waals surface area contributed by atoms with Crippen LogP contribution in [-0.2, 0) is 4.79 Å². The summed E-state index contributed by atoms with van der Waals surface area (Å²) in [5.41, 5.74) is 0. The molecule has 2 atom stereocenters. The Hall–Kier alpha value is 0.872. The first-order valence-electron chi connectivity index (χ1n) is 2.20. The maximum Gasteiger partial charge on any atom is 0.229 e. The molecule has 1 radical (unpaired) electrons. The van der Waals surface area contributed by atoms with E-state index in [0.717, 1.165) is 0 Å². The van der Waals surface area contributed by atoms with Crippen LogP contribution in [0.15, 0.2) is 0 Å². The van der Waals surface area contributed by atoms with Crippen molar-refractivity contribution in [1.82, 2.24) is 5.32 Å². The Morgan fingerprint density at radius 1 is 1.75 bits per heavy atom. The molecule has 3 nitrogen and oxygen atoms in total. The van der Waals surface area contributed by atoms with Gasteiger partial charge in [-0.15, -0.1) is 0 Å². The fourth-order valence-corrected chi connectivity index (χ4v) is 0.449. The van der Waals surface area contributed by atoms with Gasteiger partial charge < -0.3 is 10.4 Å². The topological polar surface area (TPSA) is 49.3 Å². The number of carbonyl (C=O) groups excluding carboxylic acids is 1. The number of rotatable bonds is 0. The van der Waals surface area contributed by atoms with Gasteiger partial charge in [0.15, 0.2) is 0 Å². The number of hydrogen-bond acceptors (Lipinski definition) is 2. The first kappa shape index (κ1) is 8.87. The third kappa shape index (κ3) is 1.43. The molecule has 0 bridgehead atoms. The van der Waals surface area contributed by atoms with Crippen LogP contribution in [0.5, 0.6) is 0 Å². The Kier molecular flexibility index (Phi) is 3.49. The quantitative estimate of drug-likeness (QED) is 0.565. The van der Waals surface area contributed by atoms with Crippen molar-refractivity contribution in [2.24, 2.45) is 5.92 Å². The molecule has 1 aliphatic heterocycles. The molecule has 1 fully saturated rings. The molecular formula is C4H7AcNO2. The molecule has 4 heteroatoms. The van der Waals surface area contributed by atoms with Crippen LogP contribution in [0.1, 0.15) is 6.92 Å². The van der Waals surface area contributed by atoms with E-state index in [9.17, 15) is 4.79 Å². The van der Waals surface area contributed by atoms with Gasteiger partial charge in [-0.1, -0.05) is 0 Å². The second-order valence-corrected chi connectivity index (χ2v) is 1.74. The van der Waals surface area contributed by atoms with Crippen LogP contribution in [0.4, 0.5) is 0 Å². The summed E-state index contributed by atoms with van der Waals surface area (Å²) in [7, 11) is 0. The van der Waals surface area contributed by atoms with Gasteiger partial charge in [-0.05, 0) is 6.92 Å². The summed E-state index contributed by atoms with van der Waals surface area (Å²) in [5, 5.41) is 10.8. The maximum absolute atomic E-state index is 10.2. The Labute approximate surface area is 83.4 Å². The molecule has 2 N–H and O–H groups in total. The third-order valence-corrected chi connectivity index (χ3v) is 1.18. The summed E-state index contributed by atoms with van der Waals surface area (Å²) >= 11 is 0. The maximum atomic E-state index is 10.2. The zero-order chi connectivity index (χ0) is 5.44. The number of β-lactam (4-membered cyclic amide) rings is 1. The van der Waals surface area contributed by atoms with Crippen molar-refractivity contribution in [2.45, 2.75) is 13.2 Å². The average Bonchev–Trinajstić information content (AvgIpc) is 1.68. The molecule has 0 aromatic rings. The van der Waals surface area contributed by atoms with Gasteiger partial charge in [0.2, 0.25) is 5.91 Å². The van der Waals surface area contributed by atoms with Crippen molar-refractivity contribution < 1.29 is 54.0 Å². The van der Waals surface area contributed by atoms with E-state index in [2.05, 4.69) is 5.32 Å². The van der Waals surface area contributed by atoms with Gasteiger partial charge in [-0.2, -0.15) is 0 Å². The molecule has 1 saturated heterocycles. The van der Waals surface area contributed by atoms with Crippen molar-refractivity contribution in [3.8, 4) is 0 Å². The van der Waals surface area contributed by atoms with E-state index < -0.39 is 6.23 Å². The van der Waals surface area contributed by atoms with E-state index in [1.807, 2.05) is 0 Å². The molecule has 1 heterocycles. The standard InChI is InChI=1S/C4H7NO2.Ac/c1-2-3(6)5-4(2)7;/h2-3,6H,1H3,(H,5,7);/t2-,3?;/m0./s1. The number of aliphatic hydroxyl groups is 1. The van der Waals surface area contributed by atoms with E-state index in [1.165, 1.54) is 0 Å². The van der Waals surface area contributed by atoms with Crippen LogP contribution >= 0.6 is 0 Å². The van der Waals surface area contributed by atoms with Gasteiger partial charge in [0, 0.05) is 44.1 Å². The molecule has 1 aliphatic rings. The van der Waals surface area contributed by atoms with E-state index in [-0.39, 0.29) is 55.9 Å². The van der Waals surface area contributed by atoms with Gasteiger partial charge in [0.1, 0.15) is 6.23 Å². The van der Waals surface area contributed by atoms with Gasteiger partial charge in [0.05, 0.1) is 5.92 Å². The van der Waals surface area contributed by atoms with Crippen LogP contribution in [-0.4, -0.2) is 17.2 Å². The normalized spacial score (nSPS) is 34.5. The predicted octanol–water partition coefficient (Wildman–Crippen LogP) is -0.929. The molecule has 43 valence electrons. The molecule has 0 aliphatic carbocycles. The number of amides is 1. The molecule has 0 spiro atoms. The predicted molar refractivity (Wildman–Crippen MR) is 23.3 cm³/mol. The zero-order valence-corrected chi connectivity index (χ0v) is 9.33. The SMILES string of the molecule is C[C@@H]1C(=O)NC1O.[Ac]. The minimum Gasteiger partial charge on any atom is -0.373 e. The van der Waals surface area contributed by atoms with Gasteiger partial charge in [-0.25, -0.2) is 0 Å². The number of aliphatic hydroxyl groups excluding tert-OH is 1. The van der Waals surface area contributed by atoms with Crippen molar-refractivity contribution in [2.75, 3.05) is 0 Å². The zero-order valence-electron chi connectivity index (χ0n) is 4.59. The Morgan fingerprint density at radius 2 is 2.25 bits per heavy atom. The first-order chi connectivity index (χ1) is 3.22. The molecule has 1 rings (SSSR count). The molecule has 8 heavy (non-hydrogen) atoms. The minimum absolute atomic E-state index is 0. The van der Waals surface area contributed by atoms with Gasteiger partial charge in [0.25, 0.3) is 0 Å². The Bertz CT molecular complexity index is 106. The summed E-state index contributed by atoms with van der Waals surface area (Å²) in [6, 6.07) is 0. The van der Waals surface area contributed by atoms with Crippen molar-refractivity contribution in [3.05, 3.63) is 0 Å². The average molecular weight is 328 g/mol. The van der Waals surface area contributed by atoms with Crippen LogP contribution in [0, 0.1) is 50.0 Å². The molecule has 0 aromatic heterocycles. The summed E-state index contributed by atoms with van der Waals surface area (Å²) in [6.45, 7) is 1.68. The van der Waals surface area contributed by atoms with Crippen molar-refractivity contribution >= 4 is 5.91 Å². The molecule has 1 amide bonds. The van der Waals surface area contributed by atoms with E-state index in [0.29, 0.717) is 0 Å². The van der Waals surface area contributed by atoms with Crippen LogP contribution < -0.4 is 5.32 Å². The fraction of sp³-hybridized carbons (Fsp3) is 0.750. The Morgan fingerprint density at radius 3 is 2.25 bits per heavy atom. The molecule has 0 saturated carbocycles. The van der Waals surface area contributed by atoms with Crippen molar-refractivity contribution in [1.29, 1.82) is 0 Å². The monoisotopic (exact) mass is 328 g/mol. The number of hydrogen-bond donors (Lipinski definition) is 2. The second-order valence-electron chi connectivity index (χ2n) is 1.74. The van der Waals surface area contributed by atoms with Crippen LogP contribution in [0.3, 0.4) is 0 Å². The van der Waals surface area contributed by atoms with E-state index in [4.69, 9.17) is 5.11 Å². The molecular weight excluding hydrogens is 321 g/mol. The largest absolute Gasteiger partial charge is 0.373 e. The summed E-state index contributed by atoms with van der Waals surface area (Å²) in [4.78, 5) is 10.2. The number of carbonyl (C=O) groups is 1. The molecule has 0 aromatic carbocycles.